The minimum Gasteiger partial charge on any atom is -0.497 e. The molecule has 1 N–H and O–H groups in total. The lowest BCUT2D eigenvalue weighted by Gasteiger charge is -2.34. The molecule has 8 nitrogen and oxygen atoms in total. The molecule has 4 rings (SSSR count). The van der Waals surface area contributed by atoms with Crippen LogP contribution in [0.15, 0.2) is 108 Å². The Hall–Kier alpha value is -4.34. The van der Waals surface area contributed by atoms with Crippen molar-refractivity contribution in [1.82, 2.24) is 10.2 Å². The first-order valence-electron chi connectivity index (χ1n) is 14.7. The summed E-state index contributed by atoms with van der Waals surface area (Å²) >= 11 is 6.13. The van der Waals surface area contributed by atoms with Crippen LogP contribution < -0.4 is 14.4 Å². The molecule has 2 amide bonds. The van der Waals surface area contributed by atoms with Gasteiger partial charge in [0.1, 0.15) is 18.3 Å². The summed E-state index contributed by atoms with van der Waals surface area (Å²) in [6, 6.07) is 28.5. The summed E-state index contributed by atoms with van der Waals surface area (Å²) < 4.78 is 34.7. The summed E-state index contributed by atoms with van der Waals surface area (Å²) in [7, 11) is -2.64. The number of nitrogens with one attached hydrogen (secondary N) is 1. The fourth-order valence-electron chi connectivity index (χ4n) is 4.86. The molecule has 0 spiro atoms. The van der Waals surface area contributed by atoms with Crippen molar-refractivity contribution in [3.8, 4) is 5.75 Å². The van der Waals surface area contributed by atoms with E-state index in [2.05, 4.69) is 5.32 Å². The van der Waals surface area contributed by atoms with E-state index in [1.54, 1.807) is 55.6 Å². The van der Waals surface area contributed by atoms with Gasteiger partial charge in [-0.3, -0.25) is 13.9 Å². The van der Waals surface area contributed by atoms with E-state index in [1.807, 2.05) is 56.3 Å². The monoisotopic (exact) mass is 647 g/mol. The number of hydrogen-bond acceptors (Lipinski definition) is 5. The lowest BCUT2D eigenvalue weighted by atomic mass is 10.0. The molecule has 0 fully saturated rings. The highest BCUT2D eigenvalue weighted by Crippen LogP contribution is 2.27. The maximum absolute atomic E-state index is 14.5. The van der Waals surface area contributed by atoms with Gasteiger partial charge in [0.15, 0.2) is 0 Å². The van der Waals surface area contributed by atoms with Crippen LogP contribution in [-0.2, 0) is 32.6 Å². The molecule has 236 valence electrons. The fourth-order valence-corrected chi connectivity index (χ4v) is 6.40. The summed E-state index contributed by atoms with van der Waals surface area (Å²) in [4.78, 5) is 29.7. The van der Waals surface area contributed by atoms with Gasteiger partial charge in [-0.1, -0.05) is 78.7 Å². The Morgan fingerprint density at radius 2 is 1.56 bits per heavy atom. The standard InChI is InChI=1S/C35H38ClN3O5S/c1-4-21-37-35(41)33(23-27-9-6-5-7-10-27)38(24-28-11-8-12-31(22-28)44-3)34(40)25-39(30-17-15-29(36)16-18-30)45(42,43)32-19-13-26(2)14-20-32/h5-20,22,33H,4,21,23-25H2,1-3H3,(H,37,41)/t33-/m1/s1. The molecular weight excluding hydrogens is 610 g/mol. The number of anilines is 1. The molecule has 0 radical (unpaired) electrons. The second-order valence-corrected chi connectivity index (χ2v) is 13.0. The van der Waals surface area contributed by atoms with E-state index >= 15 is 0 Å². The molecule has 10 heteroatoms. The molecule has 4 aromatic rings. The fraction of sp³-hybridized carbons (Fsp3) is 0.257. The van der Waals surface area contributed by atoms with E-state index in [9.17, 15) is 18.0 Å². The predicted octanol–water partition coefficient (Wildman–Crippen LogP) is 6.02. The number of methoxy groups -OCH3 is 1. The van der Waals surface area contributed by atoms with Crippen LogP contribution in [0.4, 0.5) is 5.69 Å². The third-order valence-electron chi connectivity index (χ3n) is 7.31. The Morgan fingerprint density at radius 1 is 0.889 bits per heavy atom. The number of aryl methyl sites for hydroxylation is 1. The van der Waals surface area contributed by atoms with Crippen LogP contribution >= 0.6 is 11.6 Å². The summed E-state index contributed by atoms with van der Waals surface area (Å²) in [5, 5.41) is 3.37. The van der Waals surface area contributed by atoms with Gasteiger partial charge in [-0.25, -0.2) is 8.42 Å². The molecule has 0 bridgehead atoms. The average molecular weight is 648 g/mol. The average Bonchev–Trinajstić information content (AvgIpc) is 3.05. The van der Waals surface area contributed by atoms with Crippen molar-refractivity contribution in [3.63, 3.8) is 0 Å². The lowest BCUT2D eigenvalue weighted by Crippen LogP contribution is -2.53. The third-order valence-corrected chi connectivity index (χ3v) is 9.35. The number of carbonyl (C=O) groups excluding carboxylic acids is 2. The number of ether oxygens (including phenoxy) is 1. The number of sulfonamides is 1. The van der Waals surface area contributed by atoms with E-state index in [-0.39, 0.29) is 29.5 Å². The minimum atomic E-state index is -4.19. The maximum atomic E-state index is 14.5. The highest BCUT2D eigenvalue weighted by Gasteiger charge is 2.34. The molecule has 0 heterocycles. The van der Waals surface area contributed by atoms with Gasteiger partial charge in [0.05, 0.1) is 17.7 Å². The van der Waals surface area contributed by atoms with Crippen LogP contribution in [-0.4, -0.2) is 51.4 Å². The number of halogens is 1. The molecular formula is C35H38ClN3O5S. The van der Waals surface area contributed by atoms with Crippen molar-refractivity contribution in [3.05, 3.63) is 125 Å². The molecule has 0 saturated carbocycles. The van der Waals surface area contributed by atoms with E-state index in [0.29, 0.717) is 23.7 Å². The van der Waals surface area contributed by atoms with Crippen LogP contribution in [0, 0.1) is 6.92 Å². The first-order valence-corrected chi connectivity index (χ1v) is 16.5. The number of benzene rings is 4. The Balaban J connectivity index is 1.80. The van der Waals surface area contributed by atoms with Crippen LogP contribution in [0.5, 0.6) is 5.75 Å². The molecule has 0 aliphatic heterocycles. The quantitative estimate of drug-likeness (QED) is 0.181. The van der Waals surface area contributed by atoms with Crippen molar-refractivity contribution in [2.45, 2.75) is 44.2 Å². The Bertz CT molecular complexity index is 1680. The predicted molar refractivity (Wildman–Crippen MR) is 178 cm³/mol. The molecule has 0 unspecified atom stereocenters. The first-order chi connectivity index (χ1) is 21.6. The van der Waals surface area contributed by atoms with Crippen LogP contribution in [0.25, 0.3) is 0 Å². The van der Waals surface area contributed by atoms with Gasteiger partial charge in [-0.05, 0) is 73.0 Å². The van der Waals surface area contributed by atoms with Crippen LogP contribution in [0.2, 0.25) is 5.02 Å². The SMILES string of the molecule is CCCNC(=O)[C@@H](Cc1ccccc1)N(Cc1cccc(OC)c1)C(=O)CN(c1ccc(Cl)cc1)S(=O)(=O)c1ccc(C)cc1. The van der Waals surface area contributed by atoms with Gasteiger partial charge in [0.25, 0.3) is 10.0 Å². The topological polar surface area (TPSA) is 96.0 Å². The molecule has 4 aromatic carbocycles. The summed E-state index contributed by atoms with van der Waals surface area (Å²) in [5.74, 6) is -0.271. The van der Waals surface area contributed by atoms with E-state index in [0.717, 1.165) is 21.0 Å². The van der Waals surface area contributed by atoms with E-state index < -0.39 is 28.5 Å². The smallest absolute Gasteiger partial charge is 0.264 e. The zero-order valence-electron chi connectivity index (χ0n) is 25.6. The Morgan fingerprint density at radius 3 is 2.20 bits per heavy atom. The first kappa shape index (κ1) is 33.6. The van der Waals surface area contributed by atoms with Gasteiger partial charge < -0.3 is 15.0 Å². The number of nitrogens with zero attached hydrogens (tertiary/aromatic N) is 2. The van der Waals surface area contributed by atoms with Crippen molar-refractivity contribution < 1.29 is 22.7 Å². The number of hydrogen-bond donors (Lipinski definition) is 1. The molecule has 0 aromatic heterocycles. The van der Waals surface area contributed by atoms with E-state index in [1.165, 1.54) is 17.0 Å². The van der Waals surface area contributed by atoms with Gasteiger partial charge in [0.2, 0.25) is 11.8 Å². The molecule has 0 aliphatic carbocycles. The number of rotatable bonds is 14. The minimum absolute atomic E-state index is 0.0386. The molecule has 0 aliphatic rings. The van der Waals surface area contributed by atoms with Crippen molar-refractivity contribution in [1.29, 1.82) is 0 Å². The van der Waals surface area contributed by atoms with E-state index in [4.69, 9.17) is 16.3 Å². The zero-order valence-corrected chi connectivity index (χ0v) is 27.2. The highest BCUT2D eigenvalue weighted by atomic mass is 35.5. The number of carbonyl (C=O) groups is 2. The summed E-state index contributed by atoms with van der Waals surface area (Å²) in [6.07, 6.45) is 0.949. The third kappa shape index (κ3) is 8.86. The van der Waals surface area contributed by atoms with Gasteiger partial charge in [-0.2, -0.15) is 0 Å². The molecule has 1 atom stereocenters. The maximum Gasteiger partial charge on any atom is 0.264 e. The van der Waals surface area contributed by atoms with Crippen molar-refractivity contribution >= 4 is 39.1 Å². The van der Waals surface area contributed by atoms with Crippen molar-refractivity contribution in [2.24, 2.45) is 0 Å². The van der Waals surface area contributed by atoms with Gasteiger partial charge >= 0.3 is 0 Å². The van der Waals surface area contributed by atoms with Crippen LogP contribution in [0.3, 0.4) is 0 Å². The molecule has 0 saturated heterocycles. The zero-order chi connectivity index (χ0) is 32.4. The second-order valence-electron chi connectivity index (χ2n) is 10.7. The van der Waals surface area contributed by atoms with Gasteiger partial charge in [-0.15, -0.1) is 0 Å². The Labute approximate surface area is 270 Å². The second kappa shape index (κ2) is 15.6. The summed E-state index contributed by atoms with van der Waals surface area (Å²) in [6.45, 7) is 3.75. The lowest BCUT2D eigenvalue weighted by molar-refractivity contribution is -0.140. The van der Waals surface area contributed by atoms with Gasteiger partial charge in [0, 0.05) is 24.5 Å². The number of amides is 2. The van der Waals surface area contributed by atoms with Crippen LogP contribution in [0.1, 0.15) is 30.0 Å². The normalized spacial score (nSPS) is 11.8. The Kier molecular flexibility index (Phi) is 11.6. The summed E-state index contributed by atoms with van der Waals surface area (Å²) in [5.41, 5.74) is 2.75. The highest BCUT2D eigenvalue weighted by molar-refractivity contribution is 7.92. The van der Waals surface area contributed by atoms with Crippen molar-refractivity contribution in [2.75, 3.05) is 24.5 Å². The molecule has 45 heavy (non-hydrogen) atoms. The largest absolute Gasteiger partial charge is 0.497 e.